The Hall–Kier alpha value is 0.0200. The molecule has 0 aliphatic heterocycles. The molecule has 0 saturated carbocycles. The lowest BCUT2D eigenvalue weighted by atomic mass is 10.3. The summed E-state index contributed by atoms with van der Waals surface area (Å²) in [5.74, 6) is 0. The van der Waals surface area contributed by atoms with Gasteiger partial charge in [-0.15, -0.1) is 23.2 Å². The lowest BCUT2D eigenvalue weighted by molar-refractivity contribution is 1.25. The molecule has 1 aromatic heterocycles. The van der Waals surface area contributed by atoms with Gasteiger partial charge < -0.3 is 0 Å². The standard InChI is InChI=1S/C6H4Cl3N/c7-5-3-10-2-1-4(5)6(8)9/h1-3,6H. The van der Waals surface area contributed by atoms with Crippen LogP contribution in [0.25, 0.3) is 0 Å². The normalized spacial score (nSPS) is 10.4. The molecule has 0 amide bonds. The number of pyridine rings is 1. The molecule has 0 spiro atoms. The topological polar surface area (TPSA) is 12.9 Å². The zero-order valence-corrected chi connectivity index (χ0v) is 7.16. The maximum Gasteiger partial charge on any atom is 0.134 e. The number of halogens is 3. The number of hydrogen-bond donors (Lipinski definition) is 0. The van der Waals surface area contributed by atoms with Gasteiger partial charge in [0.05, 0.1) is 5.02 Å². The second-order valence-electron chi connectivity index (χ2n) is 1.70. The largest absolute Gasteiger partial charge is 0.263 e. The van der Waals surface area contributed by atoms with E-state index in [9.17, 15) is 0 Å². The first-order valence-corrected chi connectivity index (χ1v) is 3.84. The fourth-order valence-electron chi connectivity index (χ4n) is 0.563. The van der Waals surface area contributed by atoms with E-state index >= 15 is 0 Å². The highest BCUT2D eigenvalue weighted by atomic mass is 35.5. The zero-order valence-electron chi connectivity index (χ0n) is 4.89. The summed E-state index contributed by atoms with van der Waals surface area (Å²) in [6.45, 7) is 0. The molecule has 0 bridgehead atoms. The molecule has 54 valence electrons. The first-order valence-electron chi connectivity index (χ1n) is 2.59. The number of hydrogen-bond acceptors (Lipinski definition) is 1. The van der Waals surface area contributed by atoms with Crippen LogP contribution in [0, 0.1) is 0 Å². The van der Waals surface area contributed by atoms with Crippen LogP contribution < -0.4 is 0 Å². The van der Waals surface area contributed by atoms with Gasteiger partial charge in [0.15, 0.2) is 0 Å². The first-order chi connectivity index (χ1) is 4.72. The number of nitrogens with zero attached hydrogens (tertiary/aromatic N) is 1. The van der Waals surface area contributed by atoms with Crippen molar-refractivity contribution in [1.29, 1.82) is 0 Å². The third kappa shape index (κ3) is 1.75. The molecular weight excluding hydrogens is 192 g/mol. The van der Waals surface area contributed by atoms with Crippen molar-refractivity contribution in [3.8, 4) is 0 Å². The van der Waals surface area contributed by atoms with E-state index in [0.29, 0.717) is 10.6 Å². The van der Waals surface area contributed by atoms with Gasteiger partial charge in [0.2, 0.25) is 0 Å². The lowest BCUT2D eigenvalue weighted by Gasteiger charge is -2.01. The first kappa shape index (κ1) is 8.12. The molecule has 0 saturated heterocycles. The van der Waals surface area contributed by atoms with E-state index in [2.05, 4.69) is 4.98 Å². The van der Waals surface area contributed by atoms with Gasteiger partial charge in [-0.2, -0.15) is 0 Å². The Morgan fingerprint density at radius 3 is 2.50 bits per heavy atom. The van der Waals surface area contributed by atoms with Gasteiger partial charge in [0.25, 0.3) is 0 Å². The van der Waals surface area contributed by atoms with E-state index in [-0.39, 0.29) is 0 Å². The van der Waals surface area contributed by atoms with Crippen LogP contribution in [-0.4, -0.2) is 4.98 Å². The van der Waals surface area contributed by atoms with Crippen LogP contribution in [0.5, 0.6) is 0 Å². The summed E-state index contributed by atoms with van der Waals surface area (Å²) in [6.07, 6.45) is 3.10. The van der Waals surface area contributed by atoms with Crippen LogP contribution >= 0.6 is 34.8 Å². The van der Waals surface area contributed by atoms with Crippen molar-refractivity contribution in [3.63, 3.8) is 0 Å². The van der Waals surface area contributed by atoms with E-state index in [0.717, 1.165) is 0 Å². The van der Waals surface area contributed by atoms with Gasteiger partial charge in [0.1, 0.15) is 4.84 Å². The van der Waals surface area contributed by atoms with Crippen LogP contribution in [0.4, 0.5) is 0 Å². The van der Waals surface area contributed by atoms with E-state index < -0.39 is 4.84 Å². The highest BCUT2D eigenvalue weighted by Crippen LogP contribution is 2.29. The maximum absolute atomic E-state index is 5.69. The van der Waals surface area contributed by atoms with Gasteiger partial charge in [-0.25, -0.2) is 0 Å². The minimum absolute atomic E-state index is 0.498. The van der Waals surface area contributed by atoms with Gasteiger partial charge >= 0.3 is 0 Å². The highest BCUT2D eigenvalue weighted by molar-refractivity contribution is 6.45. The van der Waals surface area contributed by atoms with E-state index in [1.807, 2.05) is 0 Å². The second-order valence-corrected chi connectivity index (χ2v) is 3.20. The maximum atomic E-state index is 5.69. The van der Waals surface area contributed by atoms with E-state index in [1.54, 1.807) is 12.3 Å². The Kier molecular flexibility index (Phi) is 2.78. The smallest absolute Gasteiger partial charge is 0.134 e. The van der Waals surface area contributed by atoms with Crippen LogP contribution in [0.1, 0.15) is 10.4 Å². The Morgan fingerprint density at radius 1 is 1.40 bits per heavy atom. The molecule has 0 radical (unpaired) electrons. The highest BCUT2D eigenvalue weighted by Gasteiger charge is 2.06. The van der Waals surface area contributed by atoms with Crippen molar-refractivity contribution in [2.75, 3.05) is 0 Å². The molecule has 1 aromatic rings. The quantitative estimate of drug-likeness (QED) is 0.629. The Labute approximate surface area is 73.9 Å². The summed E-state index contributed by atoms with van der Waals surface area (Å²) in [5, 5.41) is 0.498. The summed E-state index contributed by atoms with van der Waals surface area (Å²) in [7, 11) is 0. The van der Waals surface area contributed by atoms with E-state index in [4.69, 9.17) is 34.8 Å². The average Bonchev–Trinajstić information content (AvgIpc) is 1.88. The number of aromatic nitrogens is 1. The summed E-state index contributed by atoms with van der Waals surface area (Å²) >= 11 is 16.8. The third-order valence-electron chi connectivity index (χ3n) is 1.04. The molecule has 0 N–H and O–H groups in total. The molecule has 1 nitrogen and oxygen atoms in total. The fraction of sp³-hybridized carbons (Fsp3) is 0.167. The predicted molar refractivity (Wildman–Crippen MR) is 43.7 cm³/mol. The van der Waals surface area contributed by atoms with Gasteiger partial charge in [-0.05, 0) is 6.07 Å². The molecule has 0 atom stereocenters. The molecule has 0 aromatic carbocycles. The van der Waals surface area contributed by atoms with Gasteiger partial charge in [0, 0.05) is 18.0 Å². The molecule has 0 unspecified atom stereocenters. The third-order valence-corrected chi connectivity index (χ3v) is 1.82. The molecule has 0 fully saturated rings. The average molecular weight is 196 g/mol. The number of alkyl halides is 2. The van der Waals surface area contributed by atoms with Crippen molar-refractivity contribution in [1.82, 2.24) is 4.98 Å². The summed E-state index contributed by atoms with van der Waals surface area (Å²) < 4.78 is 0. The van der Waals surface area contributed by atoms with Crippen molar-refractivity contribution in [3.05, 3.63) is 29.0 Å². The van der Waals surface area contributed by atoms with Crippen LogP contribution in [0.15, 0.2) is 18.5 Å². The summed E-state index contributed by atoms with van der Waals surface area (Å²) in [5.41, 5.74) is 0.694. The monoisotopic (exact) mass is 195 g/mol. The predicted octanol–water partition coefficient (Wildman–Crippen LogP) is 3.21. The van der Waals surface area contributed by atoms with Gasteiger partial charge in [-0.3, -0.25) is 4.98 Å². The SMILES string of the molecule is Clc1cnccc1C(Cl)Cl. The van der Waals surface area contributed by atoms with Crippen LogP contribution in [0.2, 0.25) is 5.02 Å². The fourth-order valence-corrected chi connectivity index (χ4v) is 1.28. The Balaban J connectivity index is 3.03. The minimum atomic E-state index is -0.574. The van der Waals surface area contributed by atoms with Crippen molar-refractivity contribution in [2.45, 2.75) is 4.84 Å². The van der Waals surface area contributed by atoms with Crippen molar-refractivity contribution < 1.29 is 0 Å². The zero-order chi connectivity index (χ0) is 7.56. The molecule has 1 heterocycles. The molecular formula is C6H4Cl3N. The Morgan fingerprint density at radius 2 is 2.10 bits per heavy atom. The van der Waals surface area contributed by atoms with Crippen LogP contribution in [-0.2, 0) is 0 Å². The summed E-state index contributed by atoms with van der Waals surface area (Å²) in [6, 6.07) is 1.69. The Bertz CT molecular complexity index is 224. The molecule has 4 heteroatoms. The minimum Gasteiger partial charge on any atom is -0.263 e. The second kappa shape index (κ2) is 3.42. The summed E-state index contributed by atoms with van der Waals surface area (Å²) in [4.78, 5) is 3.20. The van der Waals surface area contributed by atoms with Crippen molar-refractivity contribution >= 4 is 34.8 Å². The molecule has 0 aliphatic carbocycles. The van der Waals surface area contributed by atoms with E-state index in [1.165, 1.54) is 6.20 Å². The van der Waals surface area contributed by atoms with Gasteiger partial charge in [-0.1, -0.05) is 11.6 Å². The van der Waals surface area contributed by atoms with Crippen molar-refractivity contribution in [2.24, 2.45) is 0 Å². The molecule has 10 heavy (non-hydrogen) atoms. The molecule has 0 aliphatic rings. The molecule has 1 rings (SSSR count). The number of rotatable bonds is 1. The van der Waals surface area contributed by atoms with Crippen LogP contribution in [0.3, 0.4) is 0 Å². The lowest BCUT2D eigenvalue weighted by Crippen LogP contribution is -1.83.